The first kappa shape index (κ1) is 12.6. The molecule has 1 rings (SSSR count). The van der Waals surface area contributed by atoms with Crippen LogP contribution in [0.2, 0.25) is 0 Å². The van der Waals surface area contributed by atoms with Crippen molar-refractivity contribution in [1.82, 2.24) is 0 Å². The summed E-state index contributed by atoms with van der Waals surface area (Å²) < 4.78 is 0. The van der Waals surface area contributed by atoms with Gasteiger partial charge in [0, 0.05) is 25.7 Å². The van der Waals surface area contributed by atoms with E-state index in [4.69, 9.17) is 0 Å². The molecule has 0 aliphatic rings. The van der Waals surface area contributed by atoms with Crippen molar-refractivity contribution >= 4 is 11.6 Å². The summed E-state index contributed by atoms with van der Waals surface area (Å²) >= 11 is 0. The van der Waals surface area contributed by atoms with Gasteiger partial charge in [0.05, 0.1) is 0 Å². The molecule has 0 N–H and O–H groups in total. The third kappa shape index (κ3) is 3.61. The number of Topliss-reactive ketones (excluding diaryl/α,β-unsaturated/α-hetero) is 2. The molecule has 16 heavy (non-hydrogen) atoms. The fourth-order valence-corrected chi connectivity index (χ4v) is 1.58. The quantitative estimate of drug-likeness (QED) is 0.735. The summed E-state index contributed by atoms with van der Waals surface area (Å²) in [5.74, 6) is 0.438. The average molecular weight is 218 g/mol. The first-order valence-corrected chi connectivity index (χ1v) is 5.77. The Labute approximate surface area is 96.7 Å². The minimum absolute atomic E-state index is 0.219. The summed E-state index contributed by atoms with van der Waals surface area (Å²) in [4.78, 5) is 22.8. The lowest BCUT2D eigenvalue weighted by molar-refractivity contribution is -0.119. The van der Waals surface area contributed by atoms with Gasteiger partial charge in [0.1, 0.15) is 11.6 Å². The Bertz CT molecular complexity index is 343. The average Bonchev–Trinajstić information content (AvgIpc) is 2.31. The van der Waals surface area contributed by atoms with Gasteiger partial charge in [-0.1, -0.05) is 38.1 Å². The van der Waals surface area contributed by atoms with Crippen molar-refractivity contribution in [2.24, 2.45) is 0 Å². The molecule has 1 aromatic rings. The summed E-state index contributed by atoms with van der Waals surface area (Å²) in [6.07, 6.45) is 2.00. The van der Waals surface area contributed by atoms with Gasteiger partial charge >= 0.3 is 0 Å². The molecule has 0 saturated heterocycles. The number of carbonyl (C=O) groups is 2. The number of hydrogen-bond acceptors (Lipinski definition) is 2. The van der Waals surface area contributed by atoms with E-state index in [0.717, 1.165) is 11.1 Å². The van der Waals surface area contributed by atoms with Gasteiger partial charge in [0.2, 0.25) is 0 Å². The van der Waals surface area contributed by atoms with E-state index in [9.17, 15) is 9.59 Å². The van der Waals surface area contributed by atoms with Gasteiger partial charge in [0.15, 0.2) is 0 Å². The van der Waals surface area contributed by atoms with E-state index in [1.165, 1.54) is 0 Å². The van der Waals surface area contributed by atoms with E-state index in [2.05, 4.69) is 0 Å². The van der Waals surface area contributed by atoms with Crippen LogP contribution in [0, 0.1) is 0 Å². The summed E-state index contributed by atoms with van der Waals surface area (Å²) in [6, 6.07) is 7.70. The molecule has 0 spiro atoms. The van der Waals surface area contributed by atoms with Gasteiger partial charge in [-0.05, 0) is 11.1 Å². The summed E-state index contributed by atoms with van der Waals surface area (Å²) in [6.45, 7) is 3.73. The van der Waals surface area contributed by atoms with Crippen LogP contribution in [0.25, 0.3) is 0 Å². The standard InChI is InChI=1S/C14H18O2/c1-3-13(15)9-11-7-5-6-8-12(11)10-14(16)4-2/h5-8H,3-4,9-10H2,1-2H3. The first-order valence-electron chi connectivity index (χ1n) is 5.77. The number of carbonyl (C=O) groups excluding carboxylic acids is 2. The van der Waals surface area contributed by atoms with Gasteiger partial charge in [-0.2, -0.15) is 0 Å². The topological polar surface area (TPSA) is 34.1 Å². The van der Waals surface area contributed by atoms with Crippen LogP contribution in [0.3, 0.4) is 0 Å². The SMILES string of the molecule is CCC(=O)Cc1ccccc1CC(=O)CC. The molecule has 2 heteroatoms. The zero-order chi connectivity index (χ0) is 12.0. The van der Waals surface area contributed by atoms with E-state index in [-0.39, 0.29) is 11.6 Å². The Hall–Kier alpha value is -1.44. The van der Waals surface area contributed by atoms with Crippen LogP contribution in [-0.4, -0.2) is 11.6 Å². The summed E-state index contributed by atoms with van der Waals surface area (Å²) in [5, 5.41) is 0. The fourth-order valence-electron chi connectivity index (χ4n) is 1.58. The molecule has 0 amide bonds. The molecular formula is C14H18O2. The Balaban J connectivity index is 2.83. The Morgan fingerprint density at radius 2 is 1.25 bits per heavy atom. The van der Waals surface area contributed by atoms with Crippen LogP contribution in [0.1, 0.15) is 37.8 Å². The molecule has 0 aliphatic carbocycles. The van der Waals surface area contributed by atoms with Crippen LogP contribution in [0.4, 0.5) is 0 Å². The van der Waals surface area contributed by atoms with Crippen LogP contribution in [0.15, 0.2) is 24.3 Å². The zero-order valence-corrected chi connectivity index (χ0v) is 9.95. The van der Waals surface area contributed by atoms with Crippen molar-refractivity contribution in [3.63, 3.8) is 0 Å². The molecule has 0 saturated carbocycles. The normalized spacial score (nSPS) is 10.1. The monoisotopic (exact) mass is 218 g/mol. The lowest BCUT2D eigenvalue weighted by atomic mass is 9.97. The van der Waals surface area contributed by atoms with Gasteiger partial charge < -0.3 is 0 Å². The van der Waals surface area contributed by atoms with Crippen molar-refractivity contribution in [1.29, 1.82) is 0 Å². The smallest absolute Gasteiger partial charge is 0.137 e. The highest BCUT2D eigenvalue weighted by molar-refractivity contribution is 5.83. The molecular weight excluding hydrogens is 200 g/mol. The zero-order valence-electron chi connectivity index (χ0n) is 9.95. The van der Waals surface area contributed by atoms with Gasteiger partial charge in [-0.3, -0.25) is 9.59 Å². The highest BCUT2D eigenvalue weighted by Crippen LogP contribution is 2.12. The van der Waals surface area contributed by atoms with E-state index in [0.29, 0.717) is 25.7 Å². The van der Waals surface area contributed by atoms with Crippen molar-refractivity contribution in [3.05, 3.63) is 35.4 Å². The number of benzene rings is 1. The number of rotatable bonds is 6. The summed E-state index contributed by atoms with van der Waals surface area (Å²) in [5.41, 5.74) is 1.99. The molecule has 2 nitrogen and oxygen atoms in total. The van der Waals surface area contributed by atoms with Gasteiger partial charge in [0.25, 0.3) is 0 Å². The van der Waals surface area contributed by atoms with E-state index < -0.39 is 0 Å². The molecule has 0 unspecified atom stereocenters. The maximum atomic E-state index is 11.4. The van der Waals surface area contributed by atoms with Gasteiger partial charge in [-0.25, -0.2) is 0 Å². The highest BCUT2D eigenvalue weighted by Gasteiger charge is 2.08. The first-order chi connectivity index (χ1) is 7.67. The predicted octanol–water partition coefficient (Wildman–Crippen LogP) is 2.73. The lowest BCUT2D eigenvalue weighted by Gasteiger charge is -2.07. The van der Waals surface area contributed by atoms with Crippen LogP contribution in [0.5, 0.6) is 0 Å². The molecule has 0 aliphatic heterocycles. The van der Waals surface area contributed by atoms with E-state index in [1.807, 2.05) is 38.1 Å². The van der Waals surface area contributed by atoms with Crippen molar-refractivity contribution < 1.29 is 9.59 Å². The minimum Gasteiger partial charge on any atom is -0.299 e. The molecule has 0 radical (unpaired) electrons. The Kier molecular flexibility index (Phi) is 4.90. The van der Waals surface area contributed by atoms with Crippen molar-refractivity contribution in [3.8, 4) is 0 Å². The van der Waals surface area contributed by atoms with E-state index in [1.54, 1.807) is 0 Å². The molecule has 0 bridgehead atoms. The molecule has 0 heterocycles. The second kappa shape index (κ2) is 6.21. The molecule has 0 atom stereocenters. The van der Waals surface area contributed by atoms with Crippen LogP contribution < -0.4 is 0 Å². The summed E-state index contributed by atoms with van der Waals surface area (Å²) in [7, 11) is 0. The third-order valence-electron chi connectivity index (χ3n) is 2.68. The minimum atomic E-state index is 0.219. The van der Waals surface area contributed by atoms with Crippen molar-refractivity contribution in [2.45, 2.75) is 39.5 Å². The molecule has 0 fully saturated rings. The van der Waals surface area contributed by atoms with Crippen LogP contribution >= 0.6 is 0 Å². The molecule has 0 aromatic heterocycles. The maximum Gasteiger partial charge on any atom is 0.137 e. The number of hydrogen-bond donors (Lipinski definition) is 0. The fraction of sp³-hybridized carbons (Fsp3) is 0.429. The number of ketones is 2. The Morgan fingerprint density at radius 3 is 1.56 bits per heavy atom. The van der Waals surface area contributed by atoms with Crippen LogP contribution in [-0.2, 0) is 22.4 Å². The maximum absolute atomic E-state index is 11.4. The second-order valence-corrected chi connectivity index (χ2v) is 3.91. The third-order valence-corrected chi connectivity index (χ3v) is 2.68. The predicted molar refractivity (Wildman–Crippen MR) is 64.4 cm³/mol. The highest BCUT2D eigenvalue weighted by atomic mass is 16.1. The Morgan fingerprint density at radius 1 is 0.875 bits per heavy atom. The second-order valence-electron chi connectivity index (χ2n) is 3.91. The molecule has 1 aromatic carbocycles. The largest absolute Gasteiger partial charge is 0.299 e. The lowest BCUT2D eigenvalue weighted by Crippen LogP contribution is -2.07. The van der Waals surface area contributed by atoms with E-state index >= 15 is 0 Å². The van der Waals surface area contributed by atoms with Gasteiger partial charge in [-0.15, -0.1) is 0 Å². The van der Waals surface area contributed by atoms with Crippen molar-refractivity contribution in [2.75, 3.05) is 0 Å². The molecule has 86 valence electrons.